The highest BCUT2D eigenvalue weighted by Gasteiger charge is 2.24. The first-order valence-corrected chi connectivity index (χ1v) is 13.9. The summed E-state index contributed by atoms with van der Waals surface area (Å²) < 4.78 is 22.2. The second kappa shape index (κ2) is 10.9. The summed E-state index contributed by atoms with van der Waals surface area (Å²) in [6.45, 7) is 3.60. The lowest BCUT2D eigenvalue weighted by Gasteiger charge is -2.22. The molecule has 0 bridgehead atoms. The Morgan fingerprint density at radius 3 is 1.74 bits per heavy atom. The standard InChI is InChI=1S/C37H32O6/c1-20-15-28-30(18-33(20)42-5)35(21(2)38)31-16-26(22-7-11-24(40-3)12-8-22)27-17-32(39)34(43-6)19-29(27)37(31)36(28)23-9-13-25(41-4)14-10-23/h7-19,39H,1-6H3. The molecule has 0 heterocycles. The lowest BCUT2D eigenvalue weighted by Crippen LogP contribution is -2.01. The van der Waals surface area contributed by atoms with Crippen LogP contribution in [0.1, 0.15) is 22.8 Å². The lowest BCUT2D eigenvalue weighted by atomic mass is 9.82. The SMILES string of the molecule is COc1ccc(-c2cc3c(C(C)=O)c4cc(OC)c(C)cc4c(-c4ccc(OC)cc4)c3c3cc(OC)c(O)cc23)cc1. The van der Waals surface area contributed by atoms with Crippen LogP contribution >= 0.6 is 0 Å². The number of ether oxygens (including phenoxy) is 4. The largest absolute Gasteiger partial charge is 0.504 e. The molecule has 1 N–H and O–H groups in total. The maximum atomic E-state index is 13.6. The molecule has 0 amide bonds. The molecule has 6 heteroatoms. The molecule has 216 valence electrons. The third-order valence-electron chi connectivity index (χ3n) is 8.16. The number of fused-ring (bicyclic) bond motifs is 4. The summed E-state index contributed by atoms with van der Waals surface area (Å²) in [5.41, 5.74) is 5.25. The maximum Gasteiger partial charge on any atom is 0.161 e. The number of Topliss-reactive ketones (excluding diaryl/α,β-unsaturated/α-hetero) is 1. The number of methoxy groups -OCH3 is 4. The number of phenolic OH excluding ortho intramolecular Hbond substituents is 1. The smallest absolute Gasteiger partial charge is 0.161 e. The van der Waals surface area contributed by atoms with Crippen molar-refractivity contribution in [2.24, 2.45) is 0 Å². The molecule has 0 saturated heterocycles. The first-order valence-electron chi connectivity index (χ1n) is 13.9. The number of benzene rings is 6. The molecule has 0 aliphatic rings. The van der Waals surface area contributed by atoms with Crippen LogP contribution in [-0.4, -0.2) is 39.3 Å². The van der Waals surface area contributed by atoms with Crippen LogP contribution in [0.4, 0.5) is 0 Å². The first kappa shape index (κ1) is 27.9. The normalized spacial score (nSPS) is 11.2. The predicted octanol–water partition coefficient (Wildman–Crippen LogP) is 8.73. The minimum absolute atomic E-state index is 0.0308. The van der Waals surface area contributed by atoms with Crippen molar-refractivity contribution in [2.45, 2.75) is 13.8 Å². The number of carbonyl (C=O) groups excluding carboxylic acids is 1. The Bertz CT molecular complexity index is 2040. The zero-order chi connectivity index (χ0) is 30.4. The van der Waals surface area contributed by atoms with Crippen molar-refractivity contribution in [2.75, 3.05) is 28.4 Å². The van der Waals surface area contributed by atoms with E-state index < -0.39 is 0 Å². The molecular weight excluding hydrogens is 540 g/mol. The quantitative estimate of drug-likeness (QED) is 0.117. The van der Waals surface area contributed by atoms with Crippen molar-refractivity contribution >= 4 is 38.1 Å². The van der Waals surface area contributed by atoms with Crippen molar-refractivity contribution < 1.29 is 28.8 Å². The highest BCUT2D eigenvalue weighted by Crippen LogP contribution is 2.49. The number of aromatic hydroxyl groups is 1. The molecule has 43 heavy (non-hydrogen) atoms. The van der Waals surface area contributed by atoms with Gasteiger partial charge in [-0.25, -0.2) is 0 Å². The Kier molecular flexibility index (Phi) is 7.06. The molecule has 0 spiro atoms. The van der Waals surface area contributed by atoms with Crippen molar-refractivity contribution in [3.05, 3.63) is 90.0 Å². The third-order valence-corrected chi connectivity index (χ3v) is 8.16. The van der Waals surface area contributed by atoms with Crippen LogP contribution in [0, 0.1) is 6.92 Å². The number of aryl methyl sites for hydroxylation is 1. The lowest BCUT2D eigenvalue weighted by molar-refractivity contribution is 0.102. The fourth-order valence-corrected chi connectivity index (χ4v) is 6.12. The van der Waals surface area contributed by atoms with Crippen LogP contribution in [0.5, 0.6) is 28.7 Å². The number of carbonyl (C=O) groups is 1. The Labute approximate surface area is 250 Å². The fourth-order valence-electron chi connectivity index (χ4n) is 6.12. The molecule has 0 radical (unpaired) electrons. The topological polar surface area (TPSA) is 74.2 Å². The first-order chi connectivity index (χ1) is 20.8. The van der Waals surface area contributed by atoms with E-state index in [9.17, 15) is 9.90 Å². The average Bonchev–Trinajstić information content (AvgIpc) is 3.02. The Morgan fingerprint density at radius 2 is 1.19 bits per heavy atom. The third kappa shape index (κ3) is 4.56. The van der Waals surface area contributed by atoms with Crippen molar-refractivity contribution in [3.63, 3.8) is 0 Å². The maximum absolute atomic E-state index is 13.6. The van der Waals surface area contributed by atoms with Gasteiger partial charge in [0.1, 0.15) is 17.2 Å². The molecule has 6 aromatic carbocycles. The van der Waals surface area contributed by atoms with Gasteiger partial charge in [-0.05, 0) is 129 Å². The minimum Gasteiger partial charge on any atom is -0.504 e. The summed E-state index contributed by atoms with van der Waals surface area (Å²) in [5, 5.41) is 16.0. The summed E-state index contributed by atoms with van der Waals surface area (Å²) in [6.07, 6.45) is 0. The summed E-state index contributed by atoms with van der Waals surface area (Å²) in [4.78, 5) is 13.6. The van der Waals surface area contributed by atoms with E-state index >= 15 is 0 Å². The van der Waals surface area contributed by atoms with E-state index in [0.29, 0.717) is 17.1 Å². The molecule has 0 saturated carbocycles. The van der Waals surface area contributed by atoms with Crippen LogP contribution < -0.4 is 18.9 Å². The monoisotopic (exact) mass is 572 g/mol. The van der Waals surface area contributed by atoms with Gasteiger partial charge < -0.3 is 24.1 Å². The van der Waals surface area contributed by atoms with Gasteiger partial charge >= 0.3 is 0 Å². The summed E-state index contributed by atoms with van der Waals surface area (Å²) >= 11 is 0. The van der Waals surface area contributed by atoms with Gasteiger partial charge in [0.05, 0.1) is 28.4 Å². The molecule has 0 aliphatic heterocycles. The van der Waals surface area contributed by atoms with Crippen LogP contribution in [0.3, 0.4) is 0 Å². The minimum atomic E-state index is -0.0621. The second-order valence-electron chi connectivity index (χ2n) is 10.5. The van der Waals surface area contributed by atoms with Gasteiger partial charge in [0.15, 0.2) is 17.3 Å². The number of ketones is 1. The zero-order valence-electron chi connectivity index (χ0n) is 25.0. The van der Waals surface area contributed by atoms with Gasteiger partial charge in [0, 0.05) is 5.56 Å². The van der Waals surface area contributed by atoms with Gasteiger partial charge in [-0.3, -0.25) is 4.79 Å². The highest BCUT2D eigenvalue weighted by molar-refractivity contribution is 6.31. The average molecular weight is 573 g/mol. The van der Waals surface area contributed by atoms with E-state index in [2.05, 4.69) is 12.1 Å². The van der Waals surface area contributed by atoms with Gasteiger partial charge in [0.25, 0.3) is 0 Å². The van der Waals surface area contributed by atoms with Crippen molar-refractivity contribution in [1.29, 1.82) is 0 Å². The van der Waals surface area contributed by atoms with Crippen molar-refractivity contribution in [3.8, 4) is 51.0 Å². The molecule has 0 unspecified atom stereocenters. The fraction of sp³-hybridized carbons (Fsp3) is 0.162. The van der Waals surface area contributed by atoms with E-state index in [0.717, 1.165) is 71.6 Å². The molecule has 0 fully saturated rings. The number of rotatable bonds is 7. The zero-order valence-corrected chi connectivity index (χ0v) is 25.0. The van der Waals surface area contributed by atoms with Crippen molar-refractivity contribution in [1.82, 2.24) is 0 Å². The van der Waals surface area contributed by atoms with E-state index in [4.69, 9.17) is 18.9 Å². The van der Waals surface area contributed by atoms with Gasteiger partial charge in [-0.1, -0.05) is 24.3 Å². The van der Waals surface area contributed by atoms with Crippen LogP contribution in [0.2, 0.25) is 0 Å². The van der Waals surface area contributed by atoms with E-state index in [1.807, 2.05) is 67.6 Å². The van der Waals surface area contributed by atoms with Crippen LogP contribution in [0.25, 0.3) is 54.6 Å². The number of hydrogen-bond acceptors (Lipinski definition) is 6. The van der Waals surface area contributed by atoms with E-state index in [-0.39, 0.29) is 11.5 Å². The molecule has 0 aromatic heterocycles. The van der Waals surface area contributed by atoms with Gasteiger partial charge in [0.2, 0.25) is 0 Å². The van der Waals surface area contributed by atoms with Gasteiger partial charge in [-0.15, -0.1) is 0 Å². The Morgan fingerprint density at radius 1 is 0.605 bits per heavy atom. The molecular formula is C37H32O6. The van der Waals surface area contributed by atoms with Crippen LogP contribution in [-0.2, 0) is 0 Å². The highest BCUT2D eigenvalue weighted by atomic mass is 16.5. The molecule has 6 aromatic rings. The molecule has 6 nitrogen and oxygen atoms in total. The summed E-state index contributed by atoms with van der Waals surface area (Å²) in [5.74, 6) is 2.50. The second-order valence-corrected chi connectivity index (χ2v) is 10.5. The Hall–Kier alpha value is -5.23. The van der Waals surface area contributed by atoms with Gasteiger partial charge in [-0.2, -0.15) is 0 Å². The molecule has 6 rings (SSSR count). The number of hydrogen-bond donors (Lipinski definition) is 1. The molecule has 0 aliphatic carbocycles. The summed E-state index contributed by atoms with van der Waals surface area (Å²) in [7, 11) is 6.45. The summed E-state index contributed by atoms with van der Waals surface area (Å²) in [6, 6.07) is 25.4. The van der Waals surface area contributed by atoms with E-state index in [1.165, 1.54) is 7.11 Å². The van der Waals surface area contributed by atoms with Crippen LogP contribution in [0.15, 0.2) is 78.9 Å². The predicted molar refractivity (Wildman–Crippen MR) is 172 cm³/mol. The molecule has 0 atom stereocenters. The number of phenols is 1. The van der Waals surface area contributed by atoms with E-state index in [1.54, 1.807) is 34.3 Å². The Balaban J connectivity index is 1.91.